The first-order valence-corrected chi connectivity index (χ1v) is 11.9. The normalized spacial score (nSPS) is 14.2. The number of rotatable bonds is 8. The van der Waals surface area contributed by atoms with Crippen molar-refractivity contribution >= 4 is 34.7 Å². The molecule has 0 spiro atoms. The van der Waals surface area contributed by atoms with E-state index in [1.165, 1.54) is 12.8 Å². The fourth-order valence-corrected chi connectivity index (χ4v) is 4.31. The van der Waals surface area contributed by atoms with Crippen LogP contribution in [0.5, 0.6) is 17.2 Å². The molecule has 34 heavy (non-hydrogen) atoms. The number of nitrogens with one attached hydrogen (secondary N) is 1. The first-order valence-electron chi connectivity index (χ1n) is 11.2. The van der Waals surface area contributed by atoms with Gasteiger partial charge in [-0.1, -0.05) is 35.3 Å². The van der Waals surface area contributed by atoms with Crippen LogP contribution in [0.1, 0.15) is 36.8 Å². The van der Waals surface area contributed by atoms with E-state index in [0.717, 1.165) is 29.7 Å². The lowest BCUT2D eigenvalue weighted by Crippen LogP contribution is -2.16. The van der Waals surface area contributed by atoms with Crippen LogP contribution in [0.2, 0.25) is 10.0 Å². The van der Waals surface area contributed by atoms with Crippen LogP contribution in [0, 0.1) is 0 Å². The highest BCUT2D eigenvalue weighted by Crippen LogP contribution is 2.34. The van der Waals surface area contributed by atoms with E-state index < -0.39 is 0 Å². The van der Waals surface area contributed by atoms with Crippen molar-refractivity contribution in [1.29, 1.82) is 0 Å². The molecule has 0 bridgehead atoms. The minimum absolute atomic E-state index is 0.195. The number of methoxy groups -OCH3 is 2. The minimum Gasteiger partial charge on any atom is -0.497 e. The van der Waals surface area contributed by atoms with E-state index in [1.807, 2.05) is 42.5 Å². The fourth-order valence-electron chi connectivity index (χ4n) is 3.86. The maximum atomic E-state index is 6.38. The molecule has 0 saturated heterocycles. The van der Waals surface area contributed by atoms with Crippen molar-refractivity contribution in [1.82, 2.24) is 4.98 Å². The summed E-state index contributed by atoms with van der Waals surface area (Å²) in [5, 5.41) is 4.11. The summed E-state index contributed by atoms with van der Waals surface area (Å²) < 4.78 is 17.1. The molecule has 1 aliphatic carbocycles. The van der Waals surface area contributed by atoms with Gasteiger partial charge in [0.1, 0.15) is 11.6 Å². The summed E-state index contributed by atoms with van der Waals surface area (Å²) in [6.07, 6.45) is 7.74. The Balaban J connectivity index is 1.68. The zero-order valence-electron chi connectivity index (χ0n) is 19.2. The Bertz CT molecular complexity index is 1130. The molecular formula is C26H27Cl2N3O3. The molecule has 0 radical (unpaired) electrons. The second-order valence-electron chi connectivity index (χ2n) is 8.01. The second kappa shape index (κ2) is 11.4. The summed E-state index contributed by atoms with van der Waals surface area (Å²) in [6.45, 7) is 0.442. The average molecular weight is 500 g/mol. The van der Waals surface area contributed by atoms with E-state index in [2.05, 4.69) is 10.3 Å². The van der Waals surface area contributed by atoms with Gasteiger partial charge in [0.2, 0.25) is 0 Å². The van der Waals surface area contributed by atoms with Crippen LogP contribution in [0.15, 0.2) is 59.9 Å². The van der Waals surface area contributed by atoms with Crippen LogP contribution in [-0.2, 0) is 6.54 Å². The van der Waals surface area contributed by atoms with Gasteiger partial charge in [-0.15, -0.1) is 0 Å². The van der Waals surface area contributed by atoms with Crippen LogP contribution in [0.4, 0.5) is 5.69 Å². The zero-order chi connectivity index (χ0) is 23.9. The molecule has 0 amide bonds. The number of amidine groups is 1. The Hall–Kier alpha value is -2.96. The third-order valence-electron chi connectivity index (χ3n) is 5.71. The van der Waals surface area contributed by atoms with Crippen molar-refractivity contribution in [2.24, 2.45) is 4.99 Å². The quantitative estimate of drug-likeness (QED) is 0.273. The van der Waals surface area contributed by atoms with Gasteiger partial charge >= 0.3 is 0 Å². The van der Waals surface area contributed by atoms with Crippen molar-refractivity contribution < 1.29 is 14.2 Å². The Kier molecular flexibility index (Phi) is 8.14. The van der Waals surface area contributed by atoms with Gasteiger partial charge in [-0.2, -0.15) is 0 Å². The van der Waals surface area contributed by atoms with Crippen LogP contribution in [0.3, 0.4) is 0 Å². The predicted octanol–water partition coefficient (Wildman–Crippen LogP) is 6.79. The van der Waals surface area contributed by atoms with Crippen molar-refractivity contribution in [2.75, 3.05) is 19.5 Å². The van der Waals surface area contributed by atoms with Crippen LogP contribution < -0.4 is 19.5 Å². The molecule has 4 rings (SSSR count). The molecule has 1 fully saturated rings. The zero-order valence-corrected chi connectivity index (χ0v) is 20.7. The Morgan fingerprint density at radius 3 is 2.32 bits per heavy atom. The smallest absolute Gasteiger partial charge is 0.162 e. The number of ether oxygens (including phenoxy) is 3. The SMILES string of the molecule is COc1ccc(CN=C(Nc2c(Cl)cncc2Cl)c2ccc(OC)c(OC3CCCC3)c2)cc1. The Morgan fingerprint density at radius 1 is 0.971 bits per heavy atom. The van der Waals surface area contributed by atoms with Gasteiger partial charge in [0, 0.05) is 18.0 Å². The molecule has 6 nitrogen and oxygen atoms in total. The summed E-state index contributed by atoms with van der Waals surface area (Å²) in [4.78, 5) is 8.89. The monoisotopic (exact) mass is 499 g/mol. The topological polar surface area (TPSA) is 65.0 Å². The maximum Gasteiger partial charge on any atom is 0.162 e. The van der Waals surface area contributed by atoms with Crippen LogP contribution in [-0.4, -0.2) is 31.1 Å². The molecule has 1 N–H and O–H groups in total. The first-order chi connectivity index (χ1) is 16.6. The number of benzene rings is 2. The number of anilines is 1. The largest absolute Gasteiger partial charge is 0.497 e. The highest BCUT2D eigenvalue weighted by Gasteiger charge is 2.20. The highest BCUT2D eigenvalue weighted by atomic mass is 35.5. The lowest BCUT2D eigenvalue weighted by Gasteiger charge is -2.18. The van der Waals surface area contributed by atoms with Gasteiger partial charge in [0.15, 0.2) is 11.5 Å². The Morgan fingerprint density at radius 2 is 1.68 bits per heavy atom. The third kappa shape index (κ3) is 5.93. The highest BCUT2D eigenvalue weighted by molar-refractivity contribution is 6.39. The summed E-state index contributed by atoms with van der Waals surface area (Å²) in [5.74, 6) is 2.78. The molecule has 0 unspecified atom stereocenters. The number of pyridine rings is 1. The maximum absolute atomic E-state index is 6.38. The third-order valence-corrected chi connectivity index (χ3v) is 6.28. The minimum atomic E-state index is 0.195. The lowest BCUT2D eigenvalue weighted by molar-refractivity contribution is 0.201. The summed E-state index contributed by atoms with van der Waals surface area (Å²) in [7, 11) is 3.29. The number of nitrogens with zero attached hydrogens (tertiary/aromatic N) is 2. The first kappa shape index (κ1) is 24.2. The Labute approximate surface area is 209 Å². The summed E-state index contributed by atoms with van der Waals surface area (Å²) in [6, 6.07) is 13.6. The van der Waals surface area contributed by atoms with Crippen molar-refractivity contribution in [3.63, 3.8) is 0 Å². The average Bonchev–Trinajstić information content (AvgIpc) is 3.37. The molecule has 0 aliphatic heterocycles. The van der Waals surface area contributed by atoms with Crippen molar-refractivity contribution in [3.05, 3.63) is 76.0 Å². The molecule has 178 valence electrons. The number of hydrogen-bond acceptors (Lipinski definition) is 5. The molecule has 1 aliphatic rings. The van der Waals surface area contributed by atoms with E-state index >= 15 is 0 Å². The summed E-state index contributed by atoms with van der Waals surface area (Å²) >= 11 is 12.8. The van der Waals surface area contributed by atoms with E-state index in [0.29, 0.717) is 39.6 Å². The van der Waals surface area contributed by atoms with Gasteiger partial charge in [-0.3, -0.25) is 9.98 Å². The molecule has 3 aromatic rings. The molecular weight excluding hydrogens is 473 g/mol. The predicted molar refractivity (Wildman–Crippen MR) is 137 cm³/mol. The van der Waals surface area contributed by atoms with E-state index in [1.54, 1.807) is 26.6 Å². The number of hydrogen-bond donors (Lipinski definition) is 1. The summed E-state index contributed by atoms with van der Waals surface area (Å²) in [5.41, 5.74) is 2.40. The van der Waals surface area contributed by atoms with Crippen LogP contribution in [0.25, 0.3) is 0 Å². The number of aliphatic imine (C=N–C) groups is 1. The number of halogens is 2. The molecule has 1 aromatic heterocycles. The standard InChI is InChI=1S/C26H27Cl2N3O3/c1-32-19-10-7-17(8-11-19)14-30-26(31-25-21(27)15-29-16-22(25)28)18-9-12-23(33-2)24(13-18)34-20-5-3-4-6-20/h7-13,15-16,20H,3-6,14H2,1-2H3,(H,29,30,31). The van der Waals surface area contributed by atoms with Crippen molar-refractivity contribution in [2.45, 2.75) is 38.3 Å². The molecule has 8 heteroatoms. The van der Waals surface area contributed by atoms with E-state index in [-0.39, 0.29) is 6.10 Å². The molecule has 1 heterocycles. The van der Waals surface area contributed by atoms with Crippen molar-refractivity contribution in [3.8, 4) is 17.2 Å². The number of aromatic nitrogens is 1. The van der Waals surface area contributed by atoms with Gasteiger partial charge in [-0.05, 0) is 61.6 Å². The van der Waals surface area contributed by atoms with Gasteiger partial charge in [-0.25, -0.2) is 0 Å². The van der Waals surface area contributed by atoms with Crippen LogP contribution >= 0.6 is 23.2 Å². The van der Waals surface area contributed by atoms with Gasteiger partial charge < -0.3 is 19.5 Å². The fraction of sp³-hybridized carbons (Fsp3) is 0.308. The van der Waals surface area contributed by atoms with Gasteiger partial charge in [0.05, 0.1) is 42.6 Å². The van der Waals surface area contributed by atoms with E-state index in [4.69, 9.17) is 42.4 Å². The second-order valence-corrected chi connectivity index (χ2v) is 8.82. The molecule has 1 saturated carbocycles. The van der Waals surface area contributed by atoms with Gasteiger partial charge in [0.25, 0.3) is 0 Å². The lowest BCUT2D eigenvalue weighted by atomic mass is 10.1. The van der Waals surface area contributed by atoms with E-state index in [9.17, 15) is 0 Å². The molecule has 0 atom stereocenters. The molecule has 2 aromatic carbocycles.